The van der Waals surface area contributed by atoms with Crippen molar-refractivity contribution in [2.45, 2.75) is 39.2 Å². The highest BCUT2D eigenvalue weighted by atomic mass is 16.2. The Bertz CT molecular complexity index is 428. The molecule has 3 nitrogen and oxygen atoms in total. The Balaban J connectivity index is 2.27. The van der Waals surface area contributed by atoms with Gasteiger partial charge < -0.3 is 10.6 Å². The van der Waals surface area contributed by atoms with Gasteiger partial charge in [-0.2, -0.15) is 0 Å². The van der Waals surface area contributed by atoms with Gasteiger partial charge in [-0.1, -0.05) is 6.07 Å². The van der Waals surface area contributed by atoms with Crippen LogP contribution in [0.1, 0.15) is 42.1 Å². The first kappa shape index (κ1) is 12.0. The van der Waals surface area contributed by atoms with Gasteiger partial charge in [-0.15, -0.1) is 0 Å². The van der Waals surface area contributed by atoms with Gasteiger partial charge in [0.2, 0.25) is 0 Å². The fourth-order valence-corrected chi connectivity index (χ4v) is 2.44. The van der Waals surface area contributed by atoms with E-state index in [0.29, 0.717) is 11.7 Å². The minimum atomic E-state index is 0.127. The molecule has 1 aliphatic rings. The van der Waals surface area contributed by atoms with Crippen LogP contribution in [0.25, 0.3) is 0 Å². The molecule has 1 saturated heterocycles. The third kappa shape index (κ3) is 2.28. The zero-order valence-corrected chi connectivity index (χ0v) is 10.6. The first-order valence-corrected chi connectivity index (χ1v) is 6.27. The first-order valence-electron chi connectivity index (χ1n) is 6.27. The molecular weight excluding hydrogens is 212 g/mol. The van der Waals surface area contributed by atoms with Crippen LogP contribution in [0.5, 0.6) is 0 Å². The van der Waals surface area contributed by atoms with Gasteiger partial charge in [0.25, 0.3) is 5.91 Å². The average molecular weight is 232 g/mol. The molecule has 2 N–H and O–H groups in total. The molecule has 1 amide bonds. The summed E-state index contributed by atoms with van der Waals surface area (Å²) in [6, 6.07) is 5.91. The van der Waals surface area contributed by atoms with Crippen molar-refractivity contribution in [1.82, 2.24) is 4.90 Å². The van der Waals surface area contributed by atoms with Gasteiger partial charge in [-0.3, -0.25) is 4.79 Å². The van der Waals surface area contributed by atoms with Crippen LogP contribution in [0.3, 0.4) is 0 Å². The van der Waals surface area contributed by atoms with Crippen LogP contribution < -0.4 is 5.73 Å². The molecule has 1 fully saturated rings. The number of hydrogen-bond donors (Lipinski definition) is 1. The van der Waals surface area contributed by atoms with E-state index in [1.54, 1.807) is 0 Å². The van der Waals surface area contributed by atoms with Gasteiger partial charge in [-0.25, -0.2) is 0 Å². The number of piperidine rings is 1. The van der Waals surface area contributed by atoms with Crippen molar-refractivity contribution in [2.75, 3.05) is 12.3 Å². The number of nitrogens with zero attached hydrogens (tertiary/aromatic N) is 1. The summed E-state index contributed by atoms with van der Waals surface area (Å²) in [6.45, 7) is 4.91. The Kier molecular flexibility index (Phi) is 3.36. The Labute approximate surface area is 103 Å². The number of amides is 1. The molecule has 1 atom stereocenters. The van der Waals surface area contributed by atoms with Crippen molar-refractivity contribution < 1.29 is 4.79 Å². The largest absolute Gasteiger partial charge is 0.398 e. The summed E-state index contributed by atoms with van der Waals surface area (Å²) >= 11 is 0. The maximum atomic E-state index is 12.5. The zero-order valence-electron chi connectivity index (χ0n) is 10.6. The van der Waals surface area contributed by atoms with E-state index in [-0.39, 0.29) is 5.91 Å². The number of carbonyl (C=O) groups excluding carboxylic acids is 1. The highest BCUT2D eigenvalue weighted by Gasteiger charge is 2.25. The zero-order chi connectivity index (χ0) is 12.4. The van der Waals surface area contributed by atoms with Crippen LogP contribution in [-0.2, 0) is 0 Å². The van der Waals surface area contributed by atoms with Gasteiger partial charge in [0.15, 0.2) is 0 Å². The number of rotatable bonds is 1. The maximum Gasteiger partial charge on any atom is 0.254 e. The van der Waals surface area contributed by atoms with Gasteiger partial charge in [0.05, 0.1) is 0 Å². The van der Waals surface area contributed by atoms with Crippen LogP contribution in [-0.4, -0.2) is 23.4 Å². The summed E-state index contributed by atoms with van der Waals surface area (Å²) < 4.78 is 0. The number of nitrogen functional groups attached to an aromatic ring is 1. The number of nitrogens with two attached hydrogens (primary N) is 1. The number of benzene rings is 1. The summed E-state index contributed by atoms with van der Waals surface area (Å²) in [5, 5.41) is 0. The molecule has 3 heteroatoms. The predicted molar refractivity (Wildman–Crippen MR) is 69.9 cm³/mol. The molecule has 92 valence electrons. The van der Waals surface area contributed by atoms with E-state index in [1.165, 1.54) is 6.42 Å². The molecule has 1 aliphatic heterocycles. The number of hydrogen-bond acceptors (Lipinski definition) is 2. The monoisotopic (exact) mass is 232 g/mol. The Morgan fingerprint density at radius 3 is 2.88 bits per heavy atom. The summed E-state index contributed by atoms with van der Waals surface area (Å²) in [4.78, 5) is 14.4. The number of anilines is 1. The van der Waals surface area contributed by atoms with Gasteiger partial charge in [-0.05, 0) is 50.8 Å². The van der Waals surface area contributed by atoms with Crippen molar-refractivity contribution in [3.05, 3.63) is 29.3 Å². The number of likely N-dealkylation sites (tertiary alicyclic amines) is 1. The molecule has 0 bridgehead atoms. The van der Waals surface area contributed by atoms with Crippen LogP contribution in [0.4, 0.5) is 5.69 Å². The van der Waals surface area contributed by atoms with Gasteiger partial charge >= 0.3 is 0 Å². The molecule has 1 aromatic rings. The van der Waals surface area contributed by atoms with Crippen LogP contribution >= 0.6 is 0 Å². The van der Waals surface area contributed by atoms with Gasteiger partial charge in [0, 0.05) is 23.8 Å². The quantitative estimate of drug-likeness (QED) is 0.756. The number of carbonyl (C=O) groups is 1. The fourth-order valence-electron chi connectivity index (χ4n) is 2.44. The topological polar surface area (TPSA) is 46.3 Å². The van der Waals surface area contributed by atoms with Crippen molar-refractivity contribution >= 4 is 11.6 Å². The molecule has 0 unspecified atom stereocenters. The predicted octanol–water partition coefficient (Wildman–Crippen LogP) is 2.59. The highest BCUT2D eigenvalue weighted by Crippen LogP contribution is 2.22. The summed E-state index contributed by atoms with van der Waals surface area (Å²) in [6.07, 6.45) is 3.44. The SMILES string of the molecule is Cc1c(N)cccc1C(=O)N1CCCC[C@@H]1C. The van der Waals surface area contributed by atoms with Crippen molar-refractivity contribution in [3.8, 4) is 0 Å². The van der Waals surface area contributed by atoms with E-state index >= 15 is 0 Å². The minimum Gasteiger partial charge on any atom is -0.398 e. The Morgan fingerprint density at radius 2 is 2.18 bits per heavy atom. The lowest BCUT2D eigenvalue weighted by atomic mass is 10.00. The lowest BCUT2D eigenvalue weighted by Crippen LogP contribution is -2.42. The third-order valence-corrected chi connectivity index (χ3v) is 3.67. The smallest absolute Gasteiger partial charge is 0.254 e. The van der Waals surface area contributed by atoms with Gasteiger partial charge in [0.1, 0.15) is 0 Å². The van der Waals surface area contributed by atoms with Crippen molar-refractivity contribution in [3.63, 3.8) is 0 Å². The van der Waals surface area contributed by atoms with E-state index in [2.05, 4.69) is 6.92 Å². The molecule has 0 spiro atoms. The molecule has 2 rings (SSSR count). The minimum absolute atomic E-state index is 0.127. The lowest BCUT2D eigenvalue weighted by Gasteiger charge is -2.33. The summed E-state index contributed by atoms with van der Waals surface area (Å²) in [5.41, 5.74) is 8.19. The molecule has 0 saturated carbocycles. The van der Waals surface area contributed by atoms with E-state index in [1.807, 2.05) is 30.0 Å². The average Bonchev–Trinajstić information content (AvgIpc) is 2.32. The van der Waals surface area contributed by atoms with E-state index in [4.69, 9.17) is 5.73 Å². The molecule has 1 heterocycles. The molecule has 0 radical (unpaired) electrons. The van der Waals surface area contributed by atoms with Crippen molar-refractivity contribution in [1.29, 1.82) is 0 Å². The van der Waals surface area contributed by atoms with Crippen LogP contribution in [0, 0.1) is 6.92 Å². The van der Waals surface area contributed by atoms with E-state index in [0.717, 1.165) is 30.5 Å². The summed E-state index contributed by atoms with van der Waals surface area (Å²) in [5.74, 6) is 0.127. The van der Waals surface area contributed by atoms with Crippen LogP contribution in [0.15, 0.2) is 18.2 Å². The fraction of sp³-hybridized carbons (Fsp3) is 0.500. The standard InChI is InChI=1S/C14H20N2O/c1-10-6-3-4-9-16(10)14(17)12-7-5-8-13(15)11(12)2/h5,7-8,10H,3-4,6,9,15H2,1-2H3/t10-/m0/s1. The van der Waals surface area contributed by atoms with E-state index < -0.39 is 0 Å². The molecular formula is C14H20N2O. The second-order valence-electron chi connectivity index (χ2n) is 4.86. The second kappa shape index (κ2) is 4.78. The summed E-state index contributed by atoms with van der Waals surface area (Å²) in [7, 11) is 0. The second-order valence-corrected chi connectivity index (χ2v) is 4.86. The van der Waals surface area contributed by atoms with Crippen molar-refractivity contribution in [2.24, 2.45) is 0 Å². The first-order chi connectivity index (χ1) is 8.11. The third-order valence-electron chi connectivity index (χ3n) is 3.67. The van der Waals surface area contributed by atoms with Crippen LogP contribution in [0.2, 0.25) is 0 Å². The normalized spacial score (nSPS) is 20.4. The Hall–Kier alpha value is -1.51. The van der Waals surface area contributed by atoms with E-state index in [9.17, 15) is 4.79 Å². The Morgan fingerprint density at radius 1 is 1.41 bits per heavy atom. The maximum absolute atomic E-state index is 12.5. The lowest BCUT2D eigenvalue weighted by molar-refractivity contribution is 0.0635. The molecule has 1 aromatic carbocycles. The molecule has 0 aromatic heterocycles. The molecule has 17 heavy (non-hydrogen) atoms. The highest BCUT2D eigenvalue weighted by molar-refractivity contribution is 5.97. The molecule has 0 aliphatic carbocycles.